The molecule has 7 heteroatoms. The zero-order chi connectivity index (χ0) is 14.4. The number of aryl methyl sites for hydroxylation is 2. The van der Waals surface area contributed by atoms with Gasteiger partial charge in [-0.2, -0.15) is 16.9 Å². The van der Waals surface area contributed by atoms with Gasteiger partial charge in [0.15, 0.2) is 0 Å². The lowest BCUT2D eigenvalue weighted by Crippen LogP contribution is -2.39. The summed E-state index contributed by atoms with van der Waals surface area (Å²) in [7, 11) is 1.89. The number of carbonyl (C=O) groups excluding carboxylic acids is 1. The number of rotatable bonds is 7. The number of carboxylic acid groups (broad SMARTS) is 1. The first-order valence-electron chi connectivity index (χ1n) is 5.97. The Balaban J connectivity index is 2.34. The number of hydrogen-bond donors (Lipinski definition) is 2. The van der Waals surface area contributed by atoms with Crippen LogP contribution in [0, 0.1) is 6.92 Å². The highest BCUT2D eigenvalue weighted by atomic mass is 32.2. The molecule has 0 saturated heterocycles. The molecule has 0 aliphatic rings. The van der Waals surface area contributed by atoms with Crippen molar-refractivity contribution in [3.05, 3.63) is 17.5 Å². The number of amides is 1. The molecule has 1 aromatic heterocycles. The molecule has 0 aromatic carbocycles. The molecule has 106 valence electrons. The van der Waals surface area contributed by atoms with E-state index in [1.165, 1.54) is 6.92 Å². The van der Waals surface area contributed by atoms with E-state index in [0.717, 1.165) is 17.1 Å². The lowest BCUT2D eigenvalue weighted by atomic mass is 10.2. The van der Waals surface area contributed by atoms with Gasteiger partial charge in [-0.25, -0.2) is 4.79 Å². The van der Waals surface area contributed by atoms with Crippen molar-refractivity contribution in [3.63, 3.8) is 0 Å². The van der Waals surface area contributed by atoms with Crippen LogP contribution in [0.3, 0.4) is 0 Å². The van der Waals surface area contributed by atoms with Crippen molar-refractivity contribution in [3.8, 4) is 0 Å². The minimum Gasteiger partial charge on any atom is -0.480 e. The summed E-state index contributed by atoms with van der Waals surface area (Å²) in [6.45, 7) is 3.26. The predicted molar refractivity (Wildman–Crippen MR) is 74.0 cm³/mol. The van der Waals surface area contributed by atoms with Crippen LogP contribution in [0.4, 0.5) is 0 Å². The molecule has 0 radical (unpaired) electrons. The number of aromatic nitrogens is 2. The van der Waals surface area contributed by atoms with Crippen LogP contribution in [0.2, 0.25) is 0 Å². The highest BCUT2D eigenvalue weighted by molar-refractivity contribution is 7.98. The molecule has 1 aromatic rings. The third-order valence-electron chi connectivity index (χ3n) is 2.58. The van der Waals surface area contributed by atoms with E-state index in [4.69, 9.17) is 5.11 Å². The third-order valence-corrected chi connectivity index (χ3v) is 3.60. The van der Waals surface area contributed by atoms with Crippen LogP contribution >= 0.6 is 11.8 Å². The van der Waals surface area contributed by atoms with E-state index in [9.17, 15) is 9.59 Å². The van der Waals surface area contributed by atoms with Crippen molar-refractivity contribution < 1.29 is 14.7 Å². The fourth-order valence-corrected chi connectivity index (χ4v) is 2.71. The van der Waals surface area contributed by atoms with Crippen LogP contribution < -0.4 is 5.32 Å². The molecule has 2 N–H and O–H groups in total. The molecule has 0 aliphatic carbocycles. The van der Waals surface area contributed by atoms with Crippen LogP contribution in [-0.2, 0) is 22.4 Å². The molecule has 0 bridgehead atoms. The molecular formula is C12H19N3O3S. The van der Waals surface area contributed by atoms with Crippen molar-refractivity contribution in [2.75, 3.05) is 5.75 Å². The minimum atomic E-state index is -0.993. The smallest absolute Gasteiger partial charge is 0.326 e. The average Bonchev–Trinajstić information content (AvgIpc) is 2.61. The summed E-state index contributed by atoms with van der Waals surface area (Å²) in [5.74, 6) is 0.137. The van der Waals surface area contributed by atoms with Gasteiger partial charge < -0.3 is 10.4 Å². The standard InChI is InChI=1S/C12H19N3O3S/c1-8-6-10(15(3)14-8)7-19-5-4-11(12(17)18)13-9(2)16/h6,11H,4-5,7H2,1-3H3,(H,13,16)(H,17,18). The second-order valence-corrected chi connectivity index (χ2v) is 5.44. The van der Waals surface area contributed by atoms with Gasteiger partial charge in [0.05, 0.1) is 5.69 Å². The van der Waals surface area contributed by atoms with Crippen LogP contribution in [0.1, 0.15) is 24.7 Å². The Bertz CT molecular complexity index is 459. The van der Waals surface area contributed by atoms with Gasteiger partial charge in [0.2, 0.25) is 5.91 Å². The number of carbonyl (C=O) groups is 2. The lowest BCUT2D eigenvalue weighted by molar-refractivity contribution is -0.141. The fraction of sp³-hybridized carbons (Fsp3) is 0.583. The van der Waals surface area contributed by atoms with Gasteiger partial charge in [-0.1, -0.05) is 0 Å². The Morgan fingerprint density at radius 3 is 2.74 bits per heavy atom. The number of carboxylic acids is 1. The second kappa shape index (κ2) is 7.18. The van der Waals surface area contributed by atoms with Crippen molar-refractivity contribution in [1.82, 2.24) is 15.1 Å². The molecule has 1 heterocycles. The van der Waals surface area contributed by atoms with Gasteiger partial charge in [-0.05, 0) is 25.2 Å². The maximum Gasteiger partial charge on any atom is 0.326 e. The SMILES string of the molecule is CC(=O)NC(CCSCc1cc(C)nn1C)C(=O)O. The molecule has 1 amide bonds. The van der Waals surface area contributed by atoms with Crippen molar-refractivity contribution in [2.45, 2.75) is 32.1 Å². The van der Waals surface area contributed by atoms with Crippen LogP contribution in [-0.4, -0.2) is 38.6 Å². The topological polar surface area (TPSA) is 84.2 Å². The summed E-state index contributed by atoms with van der Waals surface area (Å²) >= 11 is 1.63. The van der Waals surface area contributed by atoms with Crippen molar-refractivity contribution in [2.24, 2.45) is 7.05 Å². The van der Waals surface area contributed by atoms with Gasteiger partial charge in [-0.3, -0.25) is 9.48 Å². The van der Waals surface area contributed by atoms with E-state index in [-0.39, 0.29) is 5.91 Å². The highest BCUT2D eigenvalue weighted by Crippen LogP contribution is 2.14. The Labute approximate surface area is 116 Å². The van der Waals surface area contributed by atoms with Crippen LogP contribution in [0.5, 0.6) is 0 Å². The summed E-state index contributed by atoms with van der Waals surface area (Å²) in [6.07, 6.45) is 0.413. The molecule has 6 nitrogen and oxygen atoms in total. The van der Waals surface area contributed by atoms with E-state index in [2.05, 4.69) is 10.4 Å². The van der Waals surface area contributed by atoms with E-state index < -0.39 is 12.0 Å². The maximum absolute atomic E-state index is 10.9. The average molecular weight is 285 g/mol. The second-order valence-electron chi connectivity index (χ2n) is 4.33. The fourth-order valence-electron chi connectivity index (χ4n) is 1.68. The van der Waals surface area contributed by atoms with Crippen molar-refractivity contribution in [1.29, 1.82) is 0 Å². The third kappa shape index (κ3) is 5.34. The minimum absolute atomic E-state index is 0.320. The summed E-state index contributed by atoms with van der Waals surface area (Å²) in [6, 6.07) is 1.20. The number of nitrogens with one attached hydrogen (secondary N) is 1. The molecule has 0 fully saturated rings. The highest BCUT2D eigenvalue weighted by Gasteiger charge is 2.17. The molecule has 19 heavy (non-hydrogen) atoms. The van der Waals surface area contributed by atoms with Gasteiger partial charge in [0.1, 0.15) is 6.04 Å². The van der Waals surface area contributed by atoms with E-state index in [0.29, 0.717) is 12.2 Å². The van der Waals surface area contributed by atoms with Crippen LogP contribution in [0.15, 0.2) is 6.07 Å². The Morgan fingerprint density at radius 2 is 2.26 bits per heavy atom. The first-order valence-corrected chi connectivity index (χ1v) is 7.12. The Morgan fingerprint density at radius 1 is 1.58 bits per heavy atom. The monoisotopic (exact) mass is 285 g/mol. The molecule has 0 spiro atoms. The molecule has 0 aliphatic heterocycles. The lowest BCUT2D eigenvalue weighted by Gasteiger charge is -2.12. The van der Waals surface area contributed by atoms with E-state index in [1.807, 2.05) is 24.7 Å². The van der Waals surface area contributed by atoms with Gasteiger partial charge in [0.25, 0.3) is 0 Å². The predicted octanol–water partition coefficient (Wildman–Crippen LogP) is 0.941. The van der Waals surface area contributed by atoms with E-state index >= 15 is 0 Å². The quantitative estimate of drug-likeness (QED) is 0.728. The summed E-state index contributed by atoms with van der Waals surface area (Å²) < 4.78 is 1.82. The molecule has 1 atom stereocenters. The molecule has 0 saturated carbocycles. The van der Waals surface area contributed by atoms with Gasteiger partial charge >= 0.3 is 5.97 Å². The number of thioether (sulfide) groups is 1. The largest absolute Gasteiger partial charge is 0.480 e. The first kappa shape index (κ1) is 15.6. The molecular weight excluding hydrogens is 266 g/mol. The zero-order valence-corrected chi connectivity index (χ0v) is 12.2. The Kier molecular flexibility index (Phi) is 5.88. The summed E-state index contributed by atoms with van der Waals surface area (Å²) in [4.78, 5) is 21.8. The zero-order valence-electron chi connectivity index (χ0n) is 11.3. The molecule has 1 rings (SSSR count). The van der Waals surface area contributed by atoms with Gasteiger partial charge in [0, 0.05) is 25.4 Å². The number of nitrogens with zero attached hydrogens (tertiary/aromatic N) is 2. The molecule has 1 unspecified atom stereocenters. The van der Waals surface area contributed by atoms with Gasteiger partial charge in [-0.15, -0.1) is 0 Å². The first-order chi connectivity index (χ1) is 8.90. The maximum atomic E-state index is 10.9. The summed E-state index contributed by atoms with van der Waals surface area (Å²) in [5.41, 5.74) is 2.08. The summed E-state index contributed by atoms with van der Waals surface area (Å²) in [5, 5.41) is 15.6. The van der Waals surface area contributed by atoms with Crippen LogP contribution in [0.25, 0.3) is 0 Å². The van der Waals surface area contributed by atoms with Crippen molar-refractivity contribution >= 4 is 23.6 Å². The van der Waals surface area contributed by atoms with E-state index in [1.54, 1.807) is 11.8 Å². The Hall–Kier alpha value is -1.50. The normalized spacial score (nSPS) is 12.2. The number of aliphatic carboxylic acids is 1. The number of hydrogen-bond acceptors (Lipinski definition) is 4.